The summed E-state index contributed by atoms with van der Waals surface area (Å²) in [5, 5.41) is 2.93. The molecular weight excluding hydrogens is 288 g/mol. The number of hydrogen-bond donors (Lipinski definition) is 1. The van der Waals surface area contributed by atoms with Crippen LogP contribution in [0.3, 0.4) is 0 Å². The topological polar surface area (TPSA) is 48.5 Å². The van der Waals surface area contributed by atoms with Gasteiger partial charge >= 0.3 is 0 Å². The molecule has 1 aliphatic heterocycles. The number of pyridine rings is 1. The molecule has 128 valence electrons. The number of unbranched alkanes of at least 4 members (excludes halogenated alkanes) is 2. The van der Waals surface area contributed by atoms with Crippen molar-refractivity contribution in [1.82, 2.24) is 20.1 Å². The number of nitrogens with zero attached hydrogens (tertiary/aromatic N) is 3. The first kappa shape index (κ1) is 17.9. The maximum absolute atomic E-state index is 11.8. The molecule has 0 spiro atoms. The minimum absolute atomic E-state index is 0.0750. The predicted octanol–water partition coefficient (Wildman–Crippen LogP) is 2.01. The molecule has 0 saturated carbocycles. The van der Waals surface area contributed by atoms with Gasteiger partial charge in [-0.15, -0.1) is 0 Å². The predicted molar refractivity (Wildman–Crippen MR) is 93.6 cm³/mol. The lowest BCUT2D eigenvalue weighted by molar-refractivity contribution is 0.0947. The zero-order chi connectivity index (χ0) is 16.5. The summed E-state index contributed by atoms with van der Waals surface area (Å²) >= 11 is 0. The van der Waals surface area contributed by atoms with E-state index in [4.69, 9.17) is 0 Å². The normalized spacial score (nSPS) is 16.7. The first-order chi connectivity index (χ1) is 11.2. The summed E-state index contributed by atoms with van der Waals surface area (Å²) in [6, 6.07) is 6.14. The largest absolute Gasteiger partial charge is 0.351 e. The molecule has 2 heterocycles. The fraction of sp³-hybridized carbons (Fsp3) is 0.667. The van der Waals surface area contributed by atoms with Crippen LogP contribution in [0.2, 0.25) is 0 Å². The van der Waals surface area contributed by atoms with Crippen molar-refractivity contribution in [3.05, 3.63) is 30.1 Å². The number of rotatable bonds is 8. The van der Waals surface area contributed by atoms with Crippen LogP contribution in [-0.4, -0.2) is 67.0 Å². The number of hydrogen-bond acceptors (Lipinski definition) is 4. The van der Waals surface area contributed by atoms with Gasteiger partial charge in [-0.2, -0.15) is 0 Å². The van der Waals surface area contributed by atoms with Crippen LogP contribution in [0.15, 0.2) is 24.4 Å². The van der Waals surface area contributed by atoms with Gasteiger partial charge in [-0.1, -0.05) is 12.5 Å². The van der Waals surface area contributed by atoms with Crippen molar-refractivity contribution in [2.75, 3.05) is 40.3 Å². The Bertz CT molecular complexity index is 457. The zero-order valence-corrected chi connectivity index (χ0v) is 14.5. The highest BCUT2D eigenvalue weighted by atomic mass is 16.1. The number of likely N-dealkylation sites (tertiary alicyclic amines) is 1. The molecular formula is C18H30N4O. The van der Waals surface area contributed by atoms with Crippen molar-refractivity contribution in [2.45, 2.75) is 38.1 Å². The standard InChI is InChI=1S/C18H30N4O/c1-21-14-9-16(10-15-21)22(2)13-7-3-5-12-20-18(23)17-8-4-6-11-19-17/h4,6,8,11,16H,3,5,7,9-10,12-15H2,1-2H3,(H,20,23). The minimum atomic E-state index is -0.0750. The number of carbonyl (C=O) groups is 1. The Balaban J connectivity index is 1.51. The van der Waals surface area contributed by atoms with E-state index < -0.39 is 0 Å². The third-order valence-corrected chi connectivity index (χ3v) is 4.68. The first-order valence-corrected chi connectivity index (χ1v) is 8.75. The van der Waals surface area contributed by atoms with Gasteiger partial charge in [0.25, 0.3) is 5.91 Å². The number of amides is 1. The van der Waals surface area contributed by atoms with Crippen LogP contribution in [0.1, 0.15) is 42.6 Å². The molecule has 1 saturated heterocycles. The van der Waals surface area contributed by atoms with Crippen LogP contribution in [0.5, 0.6) is 0 Å². The summed E-state index contributed by atoms with van der Waals surface area (Å²) in [6.07, 6.45) is 7.59. The summed E-state index contributed by atoms with van der Waals surface area (Å²) in [6.45, 7) is 4.32. The quantitative estimate of drug-likeness (QED) is 0.745. The Kier molecular flexibility index (Phi) is 7.49. The SMILES string of the molecule is CN1CCC(N(C)CCCCCNC(=O)c2ccccn2)CC1. The van der Waals surface area contributed by atoms with Crippen molar-refractivity contribution in [2.24, 2.45) is 0 Å². The van der Waals surface area contributed by atoms with Crippen LogP contribution in [0.4, 0.5) is 0 Å². The third-order valence-electron chi connectivity index (χ3n) is 4.68. The average Bonchev–Trinajstić information content (AvgIpc) is 2.59. The van der Waals surface area contributed by atoms with E-state index >= 15 is 0 Å². The number of piperidine rings is 1. The van der Waals surface area contributed by atoms with Crippen molar-refractivity contribution in [1.29, 1.82) is 0 Å². The molecule has 1 amide bonds. The van der Waals surface area contributed by atoms with Crippen molar-refractivity contribution < 1.29 is 4.79 Å². The second-order valence-electron chi connectivity index (χ2n) is 6.55. The monoisotopic (exact) mass is 318 g/mol. The molecule has 2 rings (SSSR count). The van der Waals surface area contributed by atoms with E-state index in [1.165, 1.54) is 32.4 Å². The highest BCUT2D eigenvalue weighted by molar-refractivity contribution is 5.92. The van der Waals surface area contributed by atoms with E-state index in [0.717, 1.165) is 32.0 Å². The summed E-state index contributed by atoms with van der Waals surface area (Å²) in [5.41, 5.74) is 0.495. The van der Waals surface area contributed by atoms with Gasteiger partial charge in [0.15, 0.2) is 0 Å². The fourth-order valence-corrected chi connectivity index (χ4v) is 3.07. The molecule has 23 heavy (non-hydrogen) atoms. The van der Waals surface area contributed by atoms with E-state index in [2.05, 4.69) is 34.2 Å². The van der Waals surface area contributed by atoms with E-state index in [1.807, 2.05) is 12.1 Å². The molecule has 1 N–H and O–H groups in total. The Morgan fingerprint density at radius 3 is 2.78 bits per heavy atom. The van der Waals surface area contributed by atoms with Crippen LogP contribution in [0, 0.1) is 0 Å². The van der Waals surface area contributed by atoms with E-state index in [0.29, 0.717) is 5.69 Å². The molecule has 1 aromatic heterocycles. The van der Waals surface area contributed by atoms with Gasteiger partial charge in [-0.25, -0.2) is 0 Å². The van der Waals surface area contributed by atoms with Gasteiger partial charge in [-0.3, -0.25) is 9.78 Å². The molecule has 0 atom stereocenters. The maximum atomic E-state index is 11.8. The maximum Gasteiger partial charge on any atom is 0.269 e. The number of nitrogens with one attached hydrogen (secondary N) is 1. The first-order valence-electron chi connectivity index (χ1n) is 8.75. The lowest BCUT2D eigenvalue weighted by Crippen LogP contribution is -2.42. The fourth-order valence-electron chi connectivity index (χ4n) is 3.07. The van der Waals surface area contributed by atoms with Gasteiger partial charge in [0.1, 0.15) is 5.69 Å². The lowest BCUT2D eigenvalue weighted by atomic mass is 10.0. The van der Waals surface area contributed by atoms with Gasteiger partial charge < -0.3 is 15.1 Å². The Morgan fingerprint density at radius 2 is 2.09 bits per heavy atom. The van der Waals surface area contributed by atoms with Crippen LogP contribution in [-0.2, 0) is 0 Å². The smallest absolute Gasteiger partial charge is 0.269 e. The Morgan fingerprint density at radius 1 is 1.30 bits per heavy atom. The van der Waals surface area contributed by atoms with Crippen molar-refractivity contribution in [3.8, 4) is 0 Å². The summed E-state index contributed by atoms with van der Waals surface area (Å²) in [4.78, 5) is 20.8. The molecule has 1 aliphatic rings. The highest BCUT2D eigenvalue weighted by Gasteiger charge is 2.19. The molecule has 0 radical (unpaired) electrons. The highest BCUT2D eigenvalue weighted by Crippen LogP contribution is 2.14. The average molecular weight is 318 g/mol. The summed E-state index contributed by atoms with van der Waals surface area (Å²) in [7, 11) is 4.45. The summed E-state index contributed by atoms with van der Waals surface area (Å²) in [5.74, 6) is -0.0750. The third kappa shape index (κ3) is 6.28. The van der Waals surface area contributed by atoms with Gasteiger partial charge in [-0.05, 0) is 71.5 Å². The van der Waals surface area contributed by atoms with Crippen LogP contribution >= 0.6 is 0 Å². The van der Waals surface area contributed by atoms with E-state index in [-0.39, 0.29) is 5.91 Å². The van der Waals surface area contributed by atoms with Gasteiger partial charge in [0.2, 0.25) is 0 Å². The molecule has 1 fully saturated rings. The van der Waals surface area contributed by atoms with Crippen molar-refractivity contribution >= 4 is 5.91 Å². The lowest BCUT2D eigenvalue weighted by Gasteiger charge is -2.35. The second-order valence-corrected chi connectivity index (χ2v) is 6.55. The van der Waals surface area contributed by atoms with Crippen molar-refractivity contribution in [3.63, 3.8) is 0 Å². The summed E-state index contributed by atoms with van der Waals surface area (Å²) < 4.78 is 0. The van der Waals surface area contributed by atoms with E-state index in [1.54, 1.807) is 12.3 Å². The number of carbonyl (C=O) groups excluding carboxylic acids is 1. The van der Waals surface area contributed by atoms with Gasteiger partial charge in [0, 0.05) is 18.8 Å². The van der Waals surface area contributed by atoms with Gasteiger partial charge in [0.05, 0.1) is 0 Å². The minimum Gasteiger partial charge on any atom is -0.351 e. The molecule has 0 aliphatic carbocycles. The van der Waals surface area contributed by atoms with E-state index in [9.17, 15) is 4.79 Å². The molecule has 0 bridgehead atoms. The van der Waals surface area contributed by atoms with Crippen LogP contribution in [0.25, 0.3) is 0 Å². The molecule has 0 unspecified atom stereocenters. The zero-order valence-electron chi connectivity index (χ0n) is 14.5. The molecule has 5 nitrogen and oxygen atoms in total. The Hall–Kier alpha value is -1.46. The number of aromatic nitrogens is 1. The Labute approximate surface area is 140 Å². The molecule has 5 heteroatoms. The molecule has 1 aromatic rings. The second kappa shape index (κ2) is 9.63. The molecule has 0 aromatic carbocycles. The van der Waals surface area contributed by atoms with Crippen LogP contribution < -0.4 is 5.32 Å².